The number of nitro groups is 1. The van der Waals surface area contributed by atoms with Gasteiger partial charge in [0.05, 0.1) is 15.8 Å². The van der Waals surface area contributed by atoms with Gasteiger partial charge in [-0.25, -0.2) is 5.01 Å². The number of unbranched alkanes of at least 4 members (excludes halogenated alkanes) is 3. The van der Waals surface area contributed by atoms with Crippen LogP contribution in [0.15, 0.2) is 58.6 Å². The van der Waals surface area contributed by atoms with Crippen LogP contribution in [0.3, 0.4) is 0 Å². The highest BCUT2D eigenvalue weighted by Gasteiger charge is 2.36. The molecule has 1 atom stereocenters. The predicted octanol–water partition coefficient (Wildman–Crippen LogP) is 3.05. The number of fused-ring (bicyclic) bond motifs is 2. The van der Waals surface area contributed by atoms with Crippen molar-refractivity contribution in [2.45, 2.75) is 38.8 Å². The van der Waals surface area contributed by atoms with Crippen molar-refractivity contribution in [1.82, 2.24) is 10.3 Å². The number of carbonyl (C=O) groups excluding carboxylic acids is 1. The van der Waals surface area contributed by atoms with Crippen LogP contribution in [0.5, 0.6) is 0 Å². The van der Waals surface area contributed by atoms with Crippen molar-refractivity contribution in [3.8, 4) is 0 Å². The Labute approximate surface area is 183 Å². The fourth-order valence-electron chi connectivity index (χ4n) is 3.66. The van der Waals surface area contributed by atoms with Gasteiger partial charge in [0.1, 0.15) is 5.70 Å². The highest BCUT2D eigenvalue weighted by Crippen LogP contribution is 2.35. The molecule has 2 aliphatic heterocycles. The molecule has 0 unspecified atom stereocenters. The standard InChI is InChI=1S/C22H23N5O3S/c1-2-3-4-9-14-31-22-24-21(28)19-15-10-5-7-12-17(15)23-20(26(19)25-22)16-11-6-8-13-18(16)27(29)30/h5-8,10-13,20H,2-4,9,14H2,1H3,(H,24,25,28)/t20-/m1/s1. The molecule has 0 aliphatic carbocycles. The molecule has 31 heavy (non-hydrogen) atoms. The van der Waals surface area contributed by atoms with E-state index in [0.717, 1.165) is 25.0 Å². The van der Waals surface area contributed by atoms with Crippen LogP contribution in [0, 0.1) is 10.1 Å². The lowest BCUT2D eigenvalue weighted by molar-refractivity contribution is -0.385. The molecule has 2 aromatic rings. The van der Waals surface area contributed by atoms with Crippen molar-refractivity contribution in [3.63, 3.8) is 0 Å². The zero-order chi connectivity index (χ0) is 21.8. The van der Waals surface area contributed by atoms with E-state index in [-0.39, 0.29) is 11.6 Å². The van der Waals surface area contributed by atoms with Gasteiger partial charge < -0.3 is 0 Å². The molecule has 160 valence electrons. The number of hydrogen-bond acceptors (Lipinski definition) is 7. The number of para-hydroxylation sites is 2. The largest absolute Gasteiger partial charge is 0.298 e. The minimum absolute atomic E-state index is 0.0510. The summed E-state index contributed by atoms with van der Waals surface area (Å²) >= 11 is 1.48. The first-order valence-corrected chi connectivity index (χ1v) is 11.3. The van der Waals surface area contributed by atoms with E-state index in [1.165, 1.54) is 29.3 Å². The second kappa shape index (κ2) is 9.30. The van der Waals surface area contributed by atoms with E-state index in [4.69, 9.17) is 4.99 Å². The second-order valence-electron chi connectivity index (χ2n) is 7.30. The van der Waals surface area contributed by atoms with Crippen LogP contribution in [-0.2, 0) is 4.79 Å². The number of carbonyl (C=O) groups is 1. The molecule has 4 rings (SSSR count). The molecule has 9 heteroatoms. The van der Waals surface area contributed by atoms with Gasteiger partial charge in [-0.05, 0) is 18.6 Å². The molecule has 0 bridgehead atoms. The van der Waals surface area contributed by atoms with Crippen molar-refractivity contribution in [2.75, 3.05) is 5.75 Å². The van der Waals surface area contributed by atoms with Crippen molar-refractivity contribution in [2.24, 2.45) is 10.1 Å². The maximum absolute atomic E-state index is 13.1. The molecule has 2 heterocycles. The Morgan fingerprint density at radius 1 is 1.13 bits per heavy atom. The molecular formula is C22H23N5O3S. The van der Waals surface area contributed by atoms with E-state index < -0.39 is 11.1 Å². The van der Waals surface area contributed by atoms with Crippen molar-refractivity contribution in [1.29, 1.82) is 0 Å². The van der Waals surface area contributed by atoms with Crippen LogP contribution in [0.2, 0.25) is 0 Å². The lowest BCUT2D eigenvalue weighted by Crippen LogP contribution is -2.50. The maximum Gasteiger partial charge on any atom is 0.276 e. The summed E-state index contributed by atoms with van der Waals surface area (Å²) in [5.74, 6) is 0.559. The van der Waals surface area contributed by atoms with Crippen molar-refractivity contribution in [3.05, 3.63) is 74.8 Å². The number of hydrogen-bond donors (Lipinski definition) is 1. The highest BCUT2D eigenvalue weighted by molar-refractivity contribution is 8.13. The lowest BCUT2D eigenvalue weighted by Gasteiger charge is -2.33. The lowest BCUT2D eigenvalue weighted by atomic mass is 10.1. The van der Waals surface area contributed by atoms with E-state index in [9.17, 15) is 14.9 Å². The number of hydrazone groups is 1. The highest BCUT2D eigenvalue weighted by atomic mass is 32.2. The van der Waals surface area contributed by atoms with Gasteiger partial charge in [-0.1, -0.05) is 68.3 Å². The zero-order valence-electron chi connectivity index (χ0n) is 17.2. The molecule has 1 amide bonds. The first kappa shape index (κ1) is 21.0. The molecule has 2 aromatic carbocycles. The maximum atomic E-state index is 13.1. The molecule has 0 fully saturated rings. The van der Waals surface area contributed by atoms with Crippen LogP contribution in [0.25, 0.3) is 5.70 Å². The van der Waals surface area contributed by atoms with Gasteiger partial charge in [0.2, 0.25) is 0 Å². The molecule has 0 saturated carbocycles. The third kappa shape index (κ3) is 4.32. The Morgan fingerprint density at radius 3 is 2.71 bits per heavy atom. The minimum atomic E-state index is -0.798. The average molecular weight is 438 g/mol. The summed E-state index contributed by atoms with van der Waals surface area (Å²) in [7, 11) is 0. The summed E-state index contributed by atoms with van der Waals surface area (Å²) in [4.78, 5) is 29.0. The second-order valence-corrected chi connectivity index (χ2v) is 8.38. The van der Waals surface area contributed by atoms with Gasteiger partial charge in [0.25, 0.3) is 11.6 Å². The smallest absolute Gasteiger partial charge is 0.276 e. The first-order valence-electron chi connectivity index (χ1n) is 10.3. The minimum Gasteiger partial charge on any atom is -0.298 e. The average Bonchev–Trinajstić information content (AvgIpc) is 2.78. The van der Waals surface area contributed by atoms with Gasteiger partial charge in [-0.2, -0.15) is 0 Å². The molecule has 0 saturated heterocycles. The van der Waals surface area contributed by atoms with E-state index in [1.54, 1.807) is 24.3 Å². The number of amides is 1. The Hall–Kier alpha value is -3.20. The molecule has 0 spiro atoms. The molecule has 1 N–H and O–H groups in total. The topological polar surface area (TPSA) is 100 Å². The summed E-state index contributed by atoms with van der Waals surface area (Å²) < 4.78 is 0. The quantitative estimate of drug-likeness (QED) is 0.408. The van der Waals surface area contributed by atoms with Gasteiger partial charge in [0, 0.05) is 17.0 Å². The van der Waals surface area contributed by atoms with Crippen LogP contribution in [0.1, 0.15) is 44.3 Å². The van der Waals surface area contributed by atoms with E-state index >= 15 is 0 Å². The van der Waals surface area contributed by atoms with Crippen molar-refractivity contribution < 1.29 is 9.72 Å². The fraction of sp³-hybridized carbons (Fsp3) is 0.318. The van der Waals surface area contributed by atoms with Crippen LogP contribution < -0.4 is 15.9 Å². The summed E-state index contributed by atoms with van der Waals surface area (Å²) in [6.45, 7) is 2.16. The predicted molar refractivity (Wildman–Crippen MR) is 120 cm³/mol. The molecular weight excluding hydrogens is 414 g/mol. The molecule has 0 radical (unpaired) electrons. The number of nitro benzene ring substituents is 1. The van der Waals surface area contributed by atoms with Gasteiger partial charge in [-0.15, -0.1) is 5.10 Å². The van der Waals surface area contributed by atoms with Gasteiger partial charge >= 0.3 is 0 Å². The monoisotopic (exact) mass is 437 g/mol. The SMILES string of the molecule is CCCCCCSC1=NN2C(=c3ccccc3=N[C@H]2c2ccccc2[N+](=O)[O-])C(=O)N1. The molecule has 8 nitrogen and oxygen atoms in total. The van der Waals surface area contributed by atoms with E-state index in [2.05, 4.69) is 17.3 Å². The Kier molecular flexibility index (Phi) is 6.31. The van der Waals surface area contributed by atoms with E-state index in [1.807, 2.05) is 18.2 Å². The molecule has 0 aromatic heterocycles. The van der Waals surface area contributed by atoms with Crippen molar-refractivity contribution >= 4 is 34.2 Å². The van der Waals surface area contributed by atoms with Gasteiger partial charge in [0.15, 0.2) is 11.3 Å². The fourth-order valence-corrected chi connectivity index (χ4v) is 4.52. The van der Waals surface area contributed by atoms with Crippen LogP contribution in [0.4, 0.5) is 5.69 Å². The van der Waals surface area contributed by atoms with Crippen LogP contribution in [-0.4, -0.2) is 26.8 Å². The summed E-state index contributed by atoms with van der Waals surface area (Å²) in [5.41, 5.74) is 0.694. The Balaban J connectivity index is 1.77. The Morgan fingerprint density at radius 2 is 1.90 bits per heavy atom. The summed E-state index contributed by atoms with van der Waals surface area (Å²) in [6.07, 6.45) is 3.71. The third-order valence-corrected chi connectivity index (χ3v) is 6.11. The third-order valence-electron chi connectivity index (χ3n) is 5.16. The number of nitrogens with zero attached hydrogens (tertiary/aromatic N) is 4. The number of nitrogens with one attached hydrogen (secondary N) is 1. The zero-order valence-corrected chi connectivity index (χ0v) is 18.0. The number of benzene rings is 2. The normalized spacial score (nSPS) is 17.3. The first-order chi connectivity index (χ1) is 15.1. The summed E-state index contributed by atoms with van der Waals surface area (Å²) in [6, 6.07) is 13.7. The van der Waals surface area contributed by atoms with Crippen LogP contribution >= 0.6 is 11.8 Å². The Bertz CT molecular complexity index is 1160. The van der Waals surface area contributed by atoms with Gasteiger partial charge in [-0.3, -0.25) is 25.2 Å². The van der Waals surface area contributed by atoms with E-state index in [0.29, 0.717) is 27.0 Å². The number of amidine groups is 1. The summed E-state index contributed by atoms with van der Waals surface area (Å²) in [5, 5.41) is 22.5. The number of rotatable bonds is 7. The number of thioether (sulfide) groups is 1. The molecule has 2 aliphatic rings.